The van der Waals surface area contributed by atoms with Crippen molar-refractivity contribution in [2.45, 2.75) is 13.3 Å². The molecule has 62 valence electrons. The fourth-order valence-corrected chi connectivity index (χ4v) is 0.947. The van der Waals surface area contributed by atoms with Crippen molar-refractivity contribution in [3.8, 4) is 5.88 Å². The summed E-state index contributed by atoms with van der Waals surface area (Å²) in [6.45, 7) is 2.04. The van der Waals surface area contributed by atoms with Crippen molar-refractivity contribution in [3.05, 3.63) is 30.3 Å². The Morgan fingerprint density at radius 2 is 2.50 bits per heavy atom. The van der Waals surface area contributed by atoms with Gasteiger partial charge in [0.15, 0.2) is 0 Å². The van der Waals surface area contributed by atoms with Crippen LogP contribution in [0.2, 0.25) is 0 Å². The number of aryl methyl sites for hydroxylation is 1. The van der Waals surface area contributed by atoms with Gasteiger partial charge >= 0.3 is 0 Å². The van der Waals surface area contributed by atoms with Crippen LogP contribution in [0.15, 0.2) is 29.0 Å². The molecule has 0 N–H and O–H groups in total. The average Bonchev–Trinajstić information content (AvgIpc) is 2.75. The molecule has 2 aromatic heterocycles. The highest BCUT2D eigenvalue weighted by atomic mass is 16.3. The highest BCUT2D eigenvalue weighted by molar-refractivity contribution is 5.13. The van der Waals surface area contributed by atoms with Gasteiger partial charge in [-0.2, -0.15) is 10.2 Å². The molecule has 0 unspecified atom stereocenters. The van der Waals surface area contributed by atoms with Crippen LogP contribution in [0.25, 0.3) is 5.88 Å². The van der Waals surface area contributed by atoms with Crippen molar-refractivity contribution in [1.29, 1.82) is 0 Å². The zero-order chi connectivity index (χ0) is 8.39. The molecule has 0 aromatic carbocycles. The Balaban J connectivity index is 2.35. The van der Waals surface area contributed by atoms with Crippen LogP contribution in [0, 0.1) is 0 Å². The van der Waals surface area contributed by atoms with E-state index in [9.17, 15) is 0 Å². The van der Waals surface area contributed by atoms with Gasteiger partial charge in [0.1, 0.15) is 0 Å². The molecular formula is C8H9N3O. The summed E-state index contributed by atoms with van der Waals surface area (Å²) in [7, 11) is 0. The molecule has 0 amide bonds. The number of rotatable bonds is 2. The van der Waals surface area contributed by atoms with E-state index in [0.717, 1.165) is 12.1 Å². The van der Waals surface area contributed by atoms with Gasteiger partial charge in [-0.3, -0.25) is 0 Å². The number of aromatic nitrogens is 3. The summed E-state index contributed by atoms with van der Waals surface area (Å²) in [5, 5.41) is 8.22. The van der Waals surface area contributed by atoms with E-state index in [1.54, 1.807) is 12.5 Å². The molecule has 12 heavy (non-hydrogen) atoms. The van der Waals surface area contributed by atoms with Gasteiger partial charge in [-0.25, -0.2) is 0 Å². The van der Waals surface area contributed by atoms with Gasteiger partial charge < -0.3 is 4.42 Å². The maximum Gasteiger partial charge on any atom is 0.238 e. The van der Waals surface area contributed by atoms with Gasteiger partial charge in [-0.05, 0) is 12.5 Å². The van der Waals surface area contributed by atoms with E-state index in [1.807, 2.05) is 19.1 Å². The third-order valence-electron chi connectivity index (χ3n) is 1.60. The highest BCUT2D eigenvalue weighted by Gasteiger charge is 2.01. The Hall–Kier alpha value is -1.58. The lowest BCUT2D eigenvalue weighted by Crippen LogP contribution is -1.96. The molecule has 4 nitrogen and oxygen atoms in total. The minimum absolute atomic E-state index is 0.648. The van der Waals surface area contributed by atoms with Gasteiger partial charge in [-0.15, -0.1) is 4.80 Å². The average molecular weight is 163 g/mol. The van der Waals surface area contributed by atoms with Crippen LogP contribution in [-0.4, -0.2) is 15.0 Å². The summed E-state index contributed by atoms with van der Waals surface area (Å²) >= 11 is 0. The molecule has 0 aliphatic carbocycles. The maximum atomic E-state index is 5.12. The number of hydrogen-bond acceptors (Lipinski definition) is 3. The second-order valence-electron chi connectivity index (χ2n) is 2.43. The van der Waals surface area contributed by atoms with Crippen LogP contribution in [0.1, 0.15) is 12.6 Å². The Morgan fingerprint density at radius 3 is 3.08 bits per heavy atom. The quantitative estimate of drug-likeness (QED) is 0.672. The van der Waals surface area contributed by atoms with Crippen LogP contribution in [-0.2, 0) is 6.42 Å². The molecule has 0 bridgehead atoms. The summed E-state index contributed by atoms with van der Waals surface area (Å²) in [5.74, 6) is 0.648. The van der Waals surface area contributed by atoms with Crippen molar-refractivity contribution in [2.75, 3.05) is 0 Å². The molecule has 0 atom stereocenters. The first kappa shape index (κ1) is 7.09. The summed E-state index contributed by atoms with van der Waals surface area (Å²) in [4.78, 5) is 1.48. The van der Waals surface area contributed by atoms with E-state index in [4.69, 9.17) is 4.42 Å². The van der Waals surface area contributed by atoms with Crippen molar-refractivity contribution in [2.24, 2.45) is 0 Å². The van der Waals surface area contributed by atoms with E-state index in [1.165, 1.54) is 4.80 Å². The summed E-state index contributed by atoms with van der Waals surface area (Å²) in [5.41, 5.74) is 0.964. The van der Waals surface area contributed by atoms with E-state index in [-0.39, 0.29) is 0 Å². The van der Waals surface area contributed by atoms with E-state index < -0.39 is 0 Å². The molecular weight excluding hydrogens is 154 g/mol. The van der Waals surface area contributed by atoms with Crippen LogP contribution in [0.3, 0.4) is 0 Å². The van der Waals surface area contributed by atoms with E-state index in [2.05, 4.69) is 10.2 Å². The first-order chi connectivity index (χ1) is 5.90. The lowest BCUT2D eigenvalue weighted by atomic mass is 10.4. The molecule has 2 rings (SSSR count). The lowest BCUT2D eigenvalue weighted by molar-refractivity contribution is 0.498. The third kappa shape index (κ3) is 1.11. The third-order valence-corrected chi connectivity index (χ3v) is 1.60. The van der Waals surface area contributed by atoms with E-state index in [0.29, 0.717) is 5.88 Å². The predicted molar refractivity (Wildman–Crippen MR) is 43.0 cm³/mol. The fraction of sp³-hybridized carbons (Fsp3) is 0.250. The van der Waals surface area contributed by atoms with E-state index >= 15 is 0 Å². The first-order valence-electron chi connectivity index (χ1n) is 3.85. The maximum absolute atomic E-state index is 5.12. The summed E-state index contributed by atoms with van der Waals surface area (Å²) in [6.07, 6.45) is 4.23. The smallest absolute Gasteiger partial charge is 0.238 e. The molecule has 4 heteroatoms. The molecule has 2 heterocycles. The molecule has 0 fully saturated rings. The Morgan fingerprint density at radius 1 is 1.58 bits per heavy atom. The second-order valence-corrected chi connectivity index (χ2v) is 2.43. The molecule has 0 spiro atoms. The first-order valence-corrected chi connectivity index (χ1v) is 3.85. The molecule has 0 aliphatic heterocycles. The molecule has 2 aromatic rings. The van der Waals surface area contributed by atoms with Gasteiger partial charge in [0.2, 0.25) is 5.88 Å². The van der Waals surface area contributed by atoms with Crippen LogP contribution in [0.5, 0.6) is 0 Å². The van der Waals surface area contributed by atoms with Gasteiger partial charge in [-0.1, -0.05) is 6.92 Å². The van der Waals surface area contributed by atoms with Crippen LogP contribution in [0.4, 0.5) is 0 Å². The van der Waals surface area contributed by atoms with Crippen molar-refractivity contribution < 1.29 is 4.42 Å². The van der Waals surface area contributed by atoms with Crippen molar-refractivity contribution >= 4 is 0 Å². The number of furan rings is 1. The monoisotopic (exact) mass is 163 g/mol. The second kappa shape index (κ2) is 2.81. The Bertz CT molecular complexity index is 350. The lowest BCUT2D eigenvalue weighted by Gasteiger charge is -1.90. The van der Waals surface area contributed by atoms with Crippen LogP contribution < -0.4 is 0 Å². The molecule has 0 saturated carbocycles. The normalized spacial score (nSPS) is 10.4. The van der Waals surface area contributed by atoms with Gasteiger partial charge in [0.25, 0.3) is 0 Å². The summed E-state index contributed by atoms with van der Waals surface area (Å²) < 4.78 is 5.12. The Labute approximate surface area is 69.8 Å². The topological polar surface area (TPSA) is 43.9 Å². The molecule has 0 radical (unpaired) electrons. The zero-order valence-corrected chi connectivity index (χ0v) is 6.77. The predicted octanol–water partition coefficient (Wildman–Crippen LogP) is 1.42. The zero-order valence-electron chi connectivity index (χ0n) is 6.77. The highest BCUT2D eigenvalue weighted by Crippen LogP contribution is 2.04. The fourth-order valence-electron chi connectivity index (χ4n) is 0.947. The number of hydrogen-bond donors (Lipinski definition) is 0. The largest absolute Gasteiger partial charge is 0.445 e. The summed E-state index contributed by atoms with van der Waals surface area (Å²) in [6, 6.07) is 3.63. The molecule has 0 saturated heterocycles. The van der Waals surface area contributed by atoms with Gasteiger partial charge in [0.05, 0.1) is 18.2 Å². The minimum atomic E-state index is 0.648. The van der Waals surface area contributed by atoms with Gasteiger partial charge in [0, 0.05) is 6.07 Å². The Kier molecular flexibility index (Phi) is 1.66. The van der Waals surface area contributed by atoms with Crippen LogP contribution >= 0.6 is 0 Å². The van der Waals surface area contributed by atoms with Crippen molar-refractivity contribution in [3.63, 3.8) is 0 Å². The van der Waals surface area contributed by atoms with Crippen molar-refractivity contribution in [1.82, 2.24) is 15.0 Å². The standard InChI is InChI=1S/C8H9N3O/c1-2-7-6-9-11(10-7)8-4-3-5-12-8/h3-6H,2H2,1H3. The number of nitrogens with zero attached hydrogens (tertiary/aromatic N) is 3. The minimum Gasteiger partial charge on any atom is -0.445 e. The SMILES string of the molecule is CCc1cnn(-c2ccco2)n1. The molecule has 0 aliphatic rings.